The maximum Gasteiger partial charge on any atom is 0.511 e. The van der Waals surface area contributed by atoms with E-state index in [-0.39, 0.29) is 33.3 Å². The van der Waals surface area contributed by atoms with E-state index >= 15 is 4.39 Å². The van der Waals surface area contributed by atoms with Gasteiger partial charge in [-0.2, -0.15) is 0 Å². The van der Waals surface area contributed by atoms with Gasteiger partial charge >= 0.3 is 6.16 Å². The van der Waals surface area contributed by atoms with Gasteiger partial charge in [0.05, 0.1) is 27.8 Å². The fraction of sp³-hybridized carbons (Fsp3) is 0.474. The number of fused-ring (bicyclic) bond motifs is 1. The number of nitrogens with two attached hydrogens (primary N) is 1. The number of rotatable bonds is 4. The second-order valence-corrected chi connectivity index (χ2v) is 8.31. The zero-order valence-electron chi connectivity index (χ0n) is 15.4. The van der Waals surface area contributed by atoms with Gasteiger partial charge in [0.25, 0.3) is 0 Å². The number of carboxylic acid groups (broad SMARTS) is 1. The van der Waals surface area contributed by atoms with Crippen LogP contribution in [0.3, 0.4) is 0 Å². The van der Waals surface area contributed by atoms with Gasteiger partial charge in [0, 0.05) is 19.1 Å². The van der Waals surface area contributed by atoms with Crippen molar-refractivity contribution in [1.29, 1.82) is 0 Å². The normalized spacial score (nSPS) is 22.1. The van der Waals surface area contributed by atoms with E-state index in [2.05, 4.69) is 11.7 Å². The Balaban J connectivity index is 1.92. The Labute approximate surface area is 165 Å². The molecule has 0 radical (unpaired) electrons. The minimum absolute atomic E-state index is 0.0117. The maximum atomic E-state index is 15.0. The zero-order chi connectivity index (χ0) is 20.2. The van der Waals surface area contributed by atoms with Crippen molar-refractivity contribution in [2.24, 2.45) is 11.1 Å². The highest BCUT2D eigenvalue weighted by molar-refractivity contribution is 6.38. The Bertz CT molecular complexity index is 1040. The third-order valence-corrected chi connectivity index (χ3v) is 6.01. The van der Waals surface area contributed by atoms with Gasteiger partial charge in [0.2, 0.25) is 5.43 Å². The number of aromatic nitrogens is 1. The number of anilines is 1. The summed E-state index contributed by atoms with van der Waals surface area (Å²) in [5.41, 5.74) is 5.70. The van der Waals surface area contributed by atoms with E-state index in [9.17, 15) is 9.59 Å². The van der Waals surface area contributed by atoms with Gasteiger partial charge < -0.3 is 25.0 Å². The van der Waals surface area contributed by atoms with Crippen LogP contribution in [0.1, 0.15) is 32.2 Å². The first-order valence-electron chi connectivity index (χ1n) is 9.17. The zero-order valence-corrected chi connectivity index (χ0v) is 16.1. The van der Waals surface area contributed by atoms with Gasteiger partial charge in [-0.1, -0.05) is 18.5 Å². The van der Waals surface area contributed by atoms with Crippen LogP contribution in [0.4, 0.5) is 14.9 Å². The molecule has 1 atom stereocenters. The first-order valence-corrected chi connectivity index (χ1v) is 9.54. The summed E-state index contributed by atoms with van der Waals surface area (Å²) in [7, 11) is 0. The van der Waals surface area contributed by atoms with Crippen LogP contribution >= 0.6 is 11.6 Å². The molecule has 28 heavy (non-hydrogen) atoms. The Kier molecular flexibility index (Phi) is 4.50. The minimum atomic E-state index is -1.60. The number of halogens is 2. The summed E-state index contributed by atoms with van der Waals surface area (Å²) in [6.07, 6.45) is 2.31. The van der Waals surface area contributed by atoms with E-state index in [1.165, 1.54) is 6.20 Å². The molecule has 2 fully saturated rings. The molecule has 0 amide bonds. The predicted molar refractivity (Wildman–Crippen MR) is 104 cm³/mol. The van der Waals surface area contributed by atoms with Gasteiger partial charge in [-0.15, -0.1) is 0 Å². The summed E-state index contributed by atoms with van der Waals surface area (Å²) in [4.78, 5) is 25.5. The van der Waals surface area contributed by atoms with Crippen LogP contribution < -0.4 is 20.8 Å². The van der Waals surface area contributed by atoms with E-state index in [0.717, 1.165) is 25.3 Å². The third-order valence-electron chi connectivity index (χ3n) is 5.66. The Morgan fingerprint density at radius 2 is 2.21 bits per heavy atom. The van der Waals surface area contributed by atoms with E-state index in [4.69, 9.17) is 22.4 Å². The van der Waals surface area contributed by atoms with Crippen molar-refractivity contribution in [3.05, 3.63) is 33.3 Å². The van der Waals surface area contributed by atoms with Crippen LogP contribution in [-0.2, 0) is 0 Å². The molecule has 1 saturated carbocycles. The molecule has 1 saturated heterocycles. The summed E-state index contributed by atoms with van der Waals surface area (Å²) in [5, 5.41) is 9.06. The molecule has 1 aliphatic heterocycles. The molecule has 1 aliphatic carbocycles. The van der Waals surface area contributed by atoms with E-state index in [0.29, 0.717) is 25.2 Å². The summed E-state index contributed by atoms with van der Waals surface area (Å²) < 4.78 is 21.4. The summed E-state index contributed by atoms with van der Waals surface area (Å²) in [5.74, 6) is -0.974. The first kappa shape index (κ1) is 19.0. The molecule has 150 valence electrons. The van der Waals surface area contributed by atoms with Gasteiger partial charge in [0.15, 0.2) is 5.75 Å². The van der Waals surface area contributed by atoms with Crippen molar-refractivity contribution in [3.63, 3.8) is 0 Å². The number of ether oxygens (including phenoxy) is 1. The number of carbonyl (C=O) groups is 1. The van der Waals surface area contributed by atoms with Crippen molar-refractivity contribution < 1.29 is 19.0 Å². The topological polar surface area (TPSA) is 97.8 Å². The lowest BCUT2D eigenvalue weighted by Crippen LogP contribution is -2.31. The number of hydrogen-bond donors (Lipinski definition) is 2. The van der Waals surface area contributed by atoms with Crippen molar-refractivity contribution in [2.45, 2.75) is 32.2 Å². The lowest BCUT2D eigenvalue weighted by molar-refractivity contribution is 0.143. The molecule has 2 aliphatic rings. The summed E-state index contributed by atoms with van der Waals surface area (Å²) in [6.45, 7) is 3.72. The third kappa shape index (κ3) is 3.10. The molecule has 0 bridgehead atoms. The number of pyridine rings is 1. The SMILES string of the molecule is CC1(CN)CCN(c2c(F)cc3c(=O)c(OC(=O)O)cn(C4CC4)c3c2Cl)C1. The van der Waals surface area contributed by atoms with Crippen LogP contribution in [0.15, 0.2) is 17.1 Å². The largest absolute Gasteiger partial charge is 0.511 e. The molecular weight excluding hydrogens is 389 g/mol. The summed E-state index contributed by atoms with van der Waals surface area (Å²) in [6, 6.07) is 1.20. The fourth-order valence-electron chi connectivity index (χ4n) is 3.88. The lowest BCUT2D eigenvalue weighted by Gasteiger charge is -2.26. The molecule has 3 N–H and O–H groups in total. The van der Waals surface area contributed by atoms with Crippen molar-refractivity contribution in [1.82, 2.24) is 4.57 Å². The van der Waals surface area contributed by atoms with Gasteiger partial charge in [-0.25, -0.2) is 9.18 Å². The first-order chi connectivity index (χ1) is 13.2. The van der Waals surface area contributed by atoms with Crippen LogP contribution in [0.5, 0.6) is 5.75 Å². The number of nitrogens with zero attached hydrogens (tertiary/aromatic N) is 2. The monoisotopic (exact) mass is 409 g/mol. The molecule has 4 rings (SSSR count). The van der Waals surface area contributed by atoms with Crippen LogP contribution in [0, 0.1) is 11.2 Å². The van der Waals surface area contributed by atoms with E-state index in [1.54, 1.807) is 4.57 Å². The highest BCUT2D eigenvalue weighted by Crippen LogP contribution is 2.44. The molecule has 2 heterocycles. The highest BCUT2D eigenvalue weighted by Gasteiger charge is 2.36. The quantitative estimate of drug-likeness (QED) is 0.751. The van der Waals surface area contributed by atoms with Gasteiger partial charge in [-0.3, -0.25) is 4.79 Å². The van der Waals surface area contributed by atoms with Crippen LogP contribution in [0.2, 0.25) is 5.02 Å². The molecule has 9 heteroatoms. The fourth-order valence-corrected chi connectivity index (χ4v) is 4.29. The molecule has 1 unspecified atom stereocenters. The van der Waals surface area contributed by atoms with Crippen molar-refractivity contribution in [2.75, 3.05) is 24.5 Å². The Morgan fingerprint density at radius 3 is 2.79 bits per heavy atom. The van der Waals surface area contributed by atoms with Gasteiger partial charge in [0.1, 0.15) is 5.82 Å². The molecule has 0 spiro atoms. The smallest absolute Gasteiger partial charge is 0.449 e. The average Bonchev–Trinajstić information content (AvgIpc) is 3.40. The molecule has 2 aromatic rings. The standard InChI is InChI=1S/C19H21ClFN3O4/c1-19(8-22)4-5-23(9-19)16-12(21)6-11-15(14(16)20)24(10-2-3-10)7-13(17(11)25)28-18(26)27/h6-7,10H,2-5,8-9,22H2,1H3,(H,26,27). The molecule has 7 nitrogen and oxygen atoms in total. The second kappa shape index (κ2) is 6.63. The second-order valence-electron chi connectivity index (χ2n) is 7.93. The number of benzene rings is 1. The average molecular weight is 410 g/mol. The van der Waals surface area contributed by atoms with Crippen LogP contribution in [-0.4, -0.2) is 35.5 Å². The van der Waals surface area contributed by atoms with Crippen LogP contribution in [0.25, 0.3) is 10.9 Å². The van der Waals surface area contributed by atoms with E-state index < -0.39 is 17.4 Å². The van der Waals surface area contributed by atoms with Gasteiger partial charge in [-0.05, 0) is 37.3 Å². The Morgan fingerprint density at radius 1 is 1.50 bits per heavy atom. The molecular formula is C19H21ClFN3O4. The number of hydrogen-bond acceptors (Lipinski definition) is 5. The van der Waals surface area contributed by atoms with Crippen molar-refractivity contribution in [3.8, 4) is 5.75 Å². The summed E-state index contributed by atoms with van der Waals surface area (Å²) >= 11 is 6.64. The van der Waals surface area contributed by atoms with Crippen molar-refractivity contribution >= 4 is 34.3 Å². The predicted octanol–water partition coefficient (Wildman–Crippen LogP) is 3.36. The minimum Gasteiger partial charge on any atom is -0.449 e. The molecule has 1 aromatic heterocycles. The molecule has 1 aromatic carbocycles. The maximum absolute atomic E-state index is 15.0. The lowest BCUT2D eigenvalue weighted by atomic mass is 9.90. The highest BCUT2D eigenvalue weighted by atomic mass is 35.5. The Hall–Kier alpha value is -2.32. The van der Waals surface area contributed by atoms with E-state index in [1.807, 2.05) is 4.90 Å².